The molecule has 0 unspecified atom stereocenters. The number of fused-ring (bicyclic) bond motifs is 2. The third-order valence-corrected chi connectivity index (χ3v) is 9.57. The van der Waals surface area contributed by atoms with Gasteiger partial charge in [0.15, 0.2) is 5.76 Å². The first-order chi connectivity index (χ1) is 20.6. The van der Waals surface area contributed by atoms with Gasteiger partial charge in [-0.15, -0.1) is 16.4 Å². The van der Waals surface area contributed by atoms with Gasteiger partial charge in [-0.25, -0.2) is 14.5 Å². The molecule has 1 fully saturated rings. The molecule has 0 spiro atoms. The van der Waals surface area contributed by atoms with Crippen LogP contribution in [0.5, 0.6) is 22.4 Å². The predicted molar refractivity (Wildman–Crippen MR) is 159 cm³/mol. The summed E-state index contributed by atoms with van der Waals surface area (Å²) in [5, 5.41) is 8.87. The van der Waals surface area contributed by atoms with E-state index in [1.54, 1.807) is 37.2 Å². The average molecular weight is 605 g/mol. The van der Waals surface area contributed by atoms with Gasteiger partial charge in [0.1, 0.15) is 40.1 Å². The Kier molecular flexibility index (Phi) is 6.96. The van der Waals surface area contributed by atoms with E-state index in [2.05, 4.69) is 27.6 Å². The molecule has 10 nitrogen and oxygen atoms in total. The molecular weight excluding hydrogens is 576 g/mol. The minimum absolute atomic E-state index is 0.201. The van der Waals surface area contributed by atoms with E-state index in [0.29, 0.717) is 58.5 Å². The van der Waals surface area contributed by atoms with Gasteiger partial charge in [-0.05, 0) is 47.9 Å². The van der Waals surface area contributed by atoms with Crippen LogP contribution in [0.15, 0.2) is 58.5 Å². The van der Waals surface area contributed by atoms with Crippen LogP contribution in [-0.2, 0) is 16.8 Å². The molecule has 0 radical (unpaired) electrons. The number of thiazole rings is 1. The molecule has 1 saturated heterocycles. The van der Waals surface area contributed by atoms with Gasteiger partial charge in [-0.1, -0.05) is 12.1 Å². The minimum atomic E-state index is -0.201. The molecule has 2 aromatic carbocycles. The summed E-state index contributed by atoms with van der Waals surface area (Å²) in [5.74, 6) is 2.73. The highest BCUT2D eigenvalue weighted by Crippen LogP contribution is 2.43. The molecule has 0 aliphatic carbocycles. The average Bonchev–Trinajstić information content (AvgIpc) is 3.83. The molecule has 12 heteroatoms. The molecule has 6 aromatic rings. The number of imidazole rings is 1. The Morgan fingerprint density at radius 1 is 0.952 bits per heavy atom. The third kappa shape index (κ3) is 4.75. The monoisotopic (exact) mass is 604 g/mol. The van der Waals surface area contributed by atoms with Crippen molar-refractivity contribution < 1.29 is 28.1 Å². The van der Waals surface area contributed by atoms with Crippen molar-refractivity contribution in [2.45, 2.75) is 24.9 Å². The summed E-state index contributed by atoms with van der Waals surface area (Å²) in [6.07, 6.45) is 3.56. The second-order valence-corrected chi connectivity index (χ2v) is 11.7. The van der Waals surface area contributed by atoms with E-state index in [-0.39, 0.29) is 5.41 Å². The zero-order chi connectivity index (χ0) is 28.7. The summed E-state index contributed by atoms with van der Waals surface area (Å²) in [6, 6.07) is 13.9. The van der Waals surface area contributed by atoms with Crippen molar-refractivity contribution in [3.05, 3.63) is 70.3 Å². The SMILES string of the molecule is COc1ccc(C2(c3nc(COc4cc(OC)cc5oc(-c6cn7nc(OC)sc7n6)cc45)cs3)CCOCC2)cc1. The molecule has 1 aliphatic rings. The van der Waals surface area contributed by atoms with Gasteiger partial charge in [0.25, 0.3) is 5.19 Å². The number of nitrogens with zero attached hydrogens (tertiary/aromatic N) is 4. The van der Waals surface area contributed by atoms with Crippen LogP contribution >= 0.6 is 22.7 Å². The van der Waals surface area contributed by atoms with Gasteiger partial charge < -0.3 is 28.1 Å². The molecule has 1 aliphatic heterocycles. The summed E-state index contributed by atoms with van der Waals surface area (Å²) in [6.45, 7) is 1.69. The number of benzene rings is 2. The van der Waals surface area contributed by atoms with E-state index in [1.807, 2.05) is 36.5 Å². The number of aromatic nitrogens is 4. The Labute approximate surface area is 249 Å². The van der Waals surface area contributed by atoms with Crippen molar-refractivity contribution in [3.63, 3.8) is 0 Å². The molecule has 0 saturated carbocycles. The van der Waals surface area contributed by atoms with Crippen LogP contribution in [-0.4, -0.2) is 54.1 Å². The van der Waals surface area contributed by atoms with Crippen LogP contribution < -0.4 is 18.9 Å². The van der Waals surface area contributed by atoms with E-state index in [1.165, 1.54) is 16.9 Å². The molecule has 0 amide bonds. The van der Waals surface area contributed by atoms with Crippen molar-refractivity contribution in [1.82, 2.24) is 19.6 Å². The smallest absolute Gasteiger partial charge is 0.294 e. The number of methoxy groups -OCH3 is 3. The number of rotatable bonds is 9. The fraction of sp³-hybridized carbons (Fsp3) is 0.300. The molecule has 5 heterocycles. The van der Waals surface area contributed by atoms with Crippen LogP contribution in [0.4, 0.5) is 0 Å². The van der Waals surface area contributed by atoms with Crippen LogP contribution in [0.25, 0.3) is 27.4 Å². The number of furan rings is 1. The van der Waals surface area contributed by atoms with E-state index < -0.39 is 0 Å². The summed E-state index contributed by atoms with van der Waals surface area (Å²) in [4.78, 5) is 10.4. The maximum absolute atomic E-state index is 6.35. The molecule has 0 N–H and O–H groups in total. The molecule has 216 valence electrons. The quantitative estimate of drug-likeness (QED) is 0.186. The van der Waals surface area contributed by atoms with Gasteiger partial charge in [-0.2, -0.15) is 0 Å². The zero-order valence-corrected chi connectivity index (χ0v) is 24.9. The van der Waals surface area contributed by atoms with Crippen molar-refractivity contribution >= 4 is 38.6 Å². The van der Waals surface area contributed by atoms with Crippen molar-refractivity contribution in [1.29, 1.82) is 0 Å². The second-order valence-electron chi connectivity index (χ2n) is 9.93. The largest absolute Gasteiger partial charge is 0.497 e. The highest BCUT2D eigenvalue weighted by atomic mass is 32.1. The highest BCUT2D eigenvalue weighted by molar-refractivity contribution is 7.18. The van der Waals surface area contributed by atoms with Crippen molar-refractivity contribution in [3.8, 4) is 33.9 Å². The molecule has 7 rings (SSSR count). The normalized spacial score (nSPS) is 14.8. The lowest BCUT2D eigenvalue weighted by Crippen LogP contribution is -2.35. The first kappa shape index (κ1) is 26.7. The van der Waals surface area contributed by atoms with E-state index in [4.69, 9.17) is 33.1 Å². The van der Waals surface area contributed by atoms with Crippen molar-refractivity contribution in [2.75, 3.05) is 34.5 Å². The molecule has 4 aromatic heterocycles. The second kappa shape index (κ2) is 10.9. The highest BCUT2D eigenvalue weighted by Gasteiger charge is 2.39. The van der Waals surface area contributed by atoms with Crippen LogP contribution in [0, 0.1) is 0 Å². The lowest BCUT2D eigenvalue weighted by atomic mass is 9.74. The topological polar surface area (TPSA) is 102 Å². The Hall–Kier alpha value is -4.13. The summed E-state index contributed by atoms with van der Waals surface area (Å²) < 4.78 is 36.1. The zero-order valence-electron chi connectivity index (χ0n) is 23.3. The lowest BCUT2D eigenvalue weighted by Gasteiger charge is -2.36. The van der Waals surface area contributed by atoms with Crippen LogP contribution in [0.1, 0.15) is 29.1 Å². The number of ether oxygens (including phenoxy) is 5. The molecule has 0 atom stereocenters. The van der Waals surface area contributed by atoms with Gasteiger partial charge in [0.2, 0.25) is 4.96 Å². The molecule has 0 bridgehead atoms. The number of hydrogen-bond acceptors (Lipinski definition) is 11. The third-order valence-electron chi connectivity index (χ3n) is 7.59. The van der Waals surface area contributed by atoms with Gasteiger partial charge in [0, 0.05) is 30.7 Å². The Morgan fingerprint density at radius 2 is 1.76 bits per heavy atom. The Bertz CT molecular complexity index is 1820. The summed E-state index contributed by atoms with van der Waals surface area (Å²) >= 11 is 3.03. The molecular formula is C30H28N4O6S2. The Balaban J connectivity index is 1.16. The summed E-state index contributed by atoms with van der Waals surface area (Å²) in [5.41, 5.74) is 3.20. The summed E-state index contributed by atoms with van der Waals surface area (Å²) in [7, 11) is 4.89. The maximum atomic E-state index is 6.35. The van der Waals surface area contributed by atoms with Gasteiger partial charge in [0.05, 0.1) is 44.0 Å². The predicted octanol–water partition coefficient (Wildman–Crippen LogP) is 6.36. The molecule has 42 heavy (non-hydrogen) atoms. The van der Waals surface area contributed by atoms with Crippen LogP contribution in [0.3, 0.4) is 0 Å². The number of hydrogen-bond donors (Lipinski definition) is 0. The lowest BCUT2D eigenvalue weighted by molar-refractivity contribution is 0.0629. The van der Waals surface area contributed by atoms with Gasteiger partial charge in [-0.3, -0.25) is 0 Å². The van der Waals surface area contributed by atoms with E-state index in [0.717, 1.165) is 34.7 Å². The maximum Gasteiger partial charge on any atom is 0.294 e. The standard InChI is InChI=1S/C30H28N4O6S2/c1-35-20-6-4-18(5-7-20)30(8-10-38-11-9-30)27-31-19(17-41-27)16-39-24-12-21(36-2)13-25-22(24)14-26(40-25)23-15-34-28(32-23)42-29(33-34)37-3/h4-7,12-15,17H,8-11,16H2,1-3H3. The van der Waals surface area contributed by atoms with E-state index in [9.17, 15) is 0 Å². The van der Waals surface area contributed by atoms with Crippen molar-refractivity contribution in [2.24, 2.45) is 0 Å². The van der Waals surface area contributed by atoms with Crippen LogP contribution in [0.2, 0.25) is 0 Å². The van der Waals surface area contributed by atoms with E-state index >= 15 is 0 Å². The first-order valence-electron chi connectivity index (χ1n) is 13.4. The fourth-order valence-electron chi connectivity index (χ4n) is 5.33. The Morgan fingerprint density at radius 3 is 2.50 bits per heavy atom. The fourth-order valence-corrected chi connectivity index (χ4v) is 7.12. The van der Waals surface area contributed by atoms with Gasteiger partial charge >= 0.3 is 0 Å². The first-order valence-corrected chi connectivity index (χ1v) is 15.1. The minimum Gasteiger partial charge on any atom is -0.497 e.